The highest BCUT2D eigenvalue weighted by atomic mass is 35.5. The summed E-state index contributed by atoms with van der Waals surface area (Å²) in [6.45, 7) is 7.37. The molecule has 5 rings (SSSR count). The van der Waals surface area contributed by atoms with E-state index in [0.29, 0.717) is 11.1 Å². The number of para-hydroxylation sites is 2. The number of piperidine rings is 1. The van der Waals surface area contributed by atoms with Crippen LogP contribution in [0.3, 0.4) is 0 Å². The van der Waals surface area contributed by atoms with E-state index in [-0.39, 0.29) is 6.10 Å². The van der Waals surface area contributed by atoms with Crippen molar-refractivity contribution in [2.45, 2.75) is 45.3 Å². The molecule has 3 aromatic carbocycles. The molecular weight excluding hydrogens is 442 g/mol. The zero-order valence-corrected chi connectivity index (χ0v) is 20.7. The maximum Gasteiger partial charge on any atom is 0.139 e. The molecule has 0 bridgehead atoms. The van der Waals surface area contributed by atoms with Crippen molar-refractivity contribution in [3.8, 4) is 5.75 Å². The number of hydrogen-bond donors (Lipinski definition) is 0. The Labute approximate surface area is 207 Å². The van der Waals surface area contributed by atoms with Gasteiger partial charge < -0.3 is 14.2 Å². The Morgan fingerprint density at radius 3 is 2.50 bits per heavy atom. The lowest BCUT2D eigenvalue weighted by Crippen LogP contribution is -2.36. The second-order valence-electron chi connectivity index (χ2n) is 9.33. The Morgan fingerprint density at radius 1 is 0.971 bits per heavy atom. The molecular formula is C29H32ClN3O. The van der Waals surface area contributed by atoms with Crippen molar-refractivity contribution in [1.29, 1.82) is 0 Å². The molecule has 34 heavy (non-hydrogen) atoms. The van der Waals surface area contributed by atoms with Crippen molar-refractivity contribution in [2.24, 2.45) is 0 Å². The Balaban J connectivity index is 1.24. The van der Waals surface area contributed by atoms with Gasteiger partial charge in [0.2, 0.25) is 0 Å². The summed E-state index contributed by atoms with van der Waals surface area (Å²) in [7, 11) is 0. The summed E-state index contributed by atoms with van der Waals surface area (Å²) in [6, 6.07) is 25.4. The largest absolute Gasteiger partial charge is 0.484 e. The number of ether oxygens (including phenoxy) is 1. The van der Waals surface area contributed by atoms with Gasteiger partial charge in [-0.25, -0.2) is 4.98 Å². The number of halogens is 1. The predicted molar refractivity (Wildman–Crippen MR) is 140 cm³/mol. The summed E-state index contributed by atoms with van der Waals surface area (Å²) in [5.74, 6) is 1.88. The first-order valence-electron chi connectivity index (χ1n) is 12.2. The number of benzene rings is 3. The summed E-state index contributed by atoms with van der Waals surface area (Å²) in [5.41, 5.74) is 4.69. The van der Waals surface area contributed by atoms with Crippen molar-refractivity contribution < 1.29 is 4.74 Å². The molecule has 1 aromatic heterocycles. The molecule has 1 aliphatic heterocycles. The number of aromatic nitrogens is 2. The third kappa shape index (κ3) is 4.98. The van der Waals surface area contributed by atoms with E-state index in [0.717, 1.165) is 61.6 Å². The Kier molecular flexibility index (Phi) is 6.89. The fraction of sp³-hybridized carbons (Fsp3) is 0.345. The second kappa shape index (κ2) is 10.2. The summed E-state index contributed by atoms with van der Waals surface area (Å²) in [4.78, 5) is 7.35. The Morgan fingerprint density at radius 2 is 1.71 bits per heavy atom. The molecule has 0 amide bonds. The van der Waals surface area contributed by atoms with Gasteiger partial charge in [0, 0.05) is 32.1 Å². The third-order valence-corrected chi connectivity index (χ3v) is 7.24. The molecule has 0 N–H and O–H groups in total. The zero-order chi connectivity index (χ0) is 23.5. The molecule has 176 valence electrons. The molecule has 1 saturated heterocycles. The average Bonchev–Trinajstić information content (AvgIpc) is 3.20. The lowest BCUT2D eigenvalue weighted by molar-refractivity contribution is 0.139. The van der Waals surface area contributed by atoms with Crippen LogP contribution in [0.4, 0.5) is 0 Å². The van der Waals surface area contributed by atoms with Crippen molar-refractivity contribution in [3.05, 3.63) is 94.8 Å². The first-order valence-corrected chi connectivity index (χ1v) is 12.6. The van der Waals surface area contributed by atoms with Crippen LogP contribution >= 0.6 is 11.6 Å². The van der Waals surface area contributed by atoms with Gasteiger partial charge in [0.1, 0.15) is 17.7 Å². The minimum Gasteiger partial charge on any atom is -0.484 e. The minimum atomic E-state index is -0.0296. The molecule has 0 spiro atoms. The maximum absolute atomic E-state index is 6.48. The number of likely N-dealkylation sites (tertiary alicyclic amines) is 1. The van der Waals surface area contributed by atoms with E-state index in [9.17, 15) is 0 Å². The van der Waals surface area contributed by atoms with Crippen LogP contribution in [0.1, 0.15) is 48.4 Å². The van der Waals surface area contributed by atoms with E-state index >= 15 is 0 Å². The molecule has 0 aliphatic carbocycles. The predicted octanol–water partition coefficient (Wildman–Crippen LogP) is 7.15. The average molecular weight is 474 g/mol. The van der Waals surface area contributed by atoms with Crippen LogP contribution in [-0.2, 0) is 0 Å². The van der Waals surface area contributed by atoms with Crippen molar-refractivity contribution >= 4 is 22.6 Å². The highest BCUT2D eigenvalue weighted by Crippen LogP contribution is 2.33. The van der Waals surface area contributed by atoms with E-state index in [1.165, 1.54) is 11.1 Å². The number of fused-ring (bicyclic) bond motifs is 1. The van der Waals surface area contributed by atoms with E-state index in [2.05, 4.69) is 71.8 Å². The van der Waals surface area contributed by atoms with Gasteiger partial charge in [0.05, 0.1) is 16.1 Å². The van der Waals surface area contributed by atoms with Crippen LogP contribution in [-0.4, -0.2) is 34.1 Å². The van der Waals surface area contributed by atoms with Gasteiger partial charge in [-0.3, -0.25) is 0 Å². The molecule has 4 aromatic rings. The van der Waals surface area contributed by atoms with Gasteiger partial charge in [-0.1, -0.05) is 60.1 Å². The van der Waals surface area contributed by atoms with Gasteiger partial charge in [-0.15, -0.1) is 0 Å². The Bertz CT molecular complexity index is 1240. The van der Waals surface area contributed by atoms with Gasteiger partial charge in [-0.05, 0) is 62.1 Å². The summed E-state index contributed by atoms with van der Waals surface area (Å²) >= 11 is 6.45. The van der Waals surface area contributed by atoms with Crippen molar-refractivity contribution in [1.82, 2.24) is 14.5 Å². The number of rotatable bonds is 7. The molecule has 4 nitrogen and oxygen atoms in total. The first-order chi connectivity index (χ1) is 16.6. The topological polar surface area (TPSA) is 30.3 Å². The van der Waals surface area contributed by atoms with Crippen LogP contribution in [0.25, 0.3) is 11.0 Å². The number of aryl methyl sites for hydroxylation is 2. The van der Waals surface area contributed by atoms with Crippen LogP contribution in [0.15, 0.2) is 72.8 Å². The smallest absolute Gasteiger partial charge is 0.139 e. The van der Waals surface area contributed by atoms with Gasteiger partial charge in [0.15, 0.2) is 0 Å². The lowest BCUT2D eigenvalue weighted by Gasteiger charge is -2.34. The quantitative estimate of drug-likeness (QED) is 0.285. The summed E-state index contributed by atoms with van der Waals surface area (Å²) in [5, 5.41) is 0.662. The minimum absolute atomic E-state index is 0.0296. The normalized spacial score (nSPS) is 16.1. The van der Waals surface area contributed by atoms with Gasteiger partial charge >= 0.3 is 0 Å². The fourth-order valence-electron chi connectivity index (χ4n) is 5.14. The zero-order valence-electron chi connectivity index (χ0n) is 20.0. The second-order valence-corrected chi connectivity index (χ2v) is 9.74. The van der Waals surface area contributed by atoms with E-state index in [1.807, 2.05) is 24.3 Å². The number of hydrogen-bond acceptors (Lipinski definition) is 3. The first kappa shape index (κ1) is 22.9. The highest BCUT2D eigenvalue weighted by molar-refractivity contribution is 6.32. The van der Waals surface area contributed by atoms with Crippen molar-refractivity contribution in [2.75, 3.05) is 19.6 Å². The molecule has 2 heterocycles. The van der Waals surface area contributed by atoms with Crippen LogP contribution in [0.2, 0.25) is 5.02 Å². The molecule has 1 aliphatic rings. The van der Waals surface area contributed by atoms with E-state index < -0.39 is 0 Å². The number of nitrogens with zero attached hydrogens (tertiary/aromatic N) is 3. The van der Waals surface area contributed by atoms with Crippen LogP contribution in [0, 0.1) is 13.8 Å². The van der Waals surface area contributed by atoms with Crippen LogP contribution < -0.4 is 4.74 Å². The molecule has 5 heteroatoms. The highest BCUT2D eigenvalue weighted by Gasteiger charge is 2.24. The number of imidazole rings is 1. The summed E-state index contributed by atoms with van der Waals surface area (Å²) in [6.07, 6.45) is 3.17. The SMILES string of the molecule is Cc1ccc(Cl)c(OC(CCN2CCC(n3c(C)nc4ccccc43)CC2)c2ccccc2)c1. The van der Waals surface area contributed by atoms with E-state index in [4.69, 9.17) is 21.3 Å². The molecule has 1 fully saturated rings. The summed E-state index contributed by atoms with van der Waals surface area (Å²) < 4.78 is 8.92. The van der Waals surface area contributed by atoms with Gasteiger partial charge in [-0.2, -0.15) is 0 Å². The monoisotopic (exact) mass is 473 g/mol. The van der Waals surface area contributed by atoms with Crippen molar-refractivity contribution in [3.63, 3.8) is 0 Å². The fourth-order valence-corrected chi connectivity index (χ4v) is 5.30. The Hall–Kier alpha value is -2.82. The molecule has 1 unspecified atom stereocenters. The van der Waals surface area contributed by atoms with E-state index in [1.54, 1.807) is 0 Å². The molecule has 0 saturated carbocycles. The molecule has 1 atom stereocenters. The van der Waals surface area contributed by atoms with Crippen LogP contribution in [0.5, 0.6) is 5.75 Å². The maximum atomic E-state index is 6.48. The standard InChI is InChI=1S/C29H32ClN3O/c1-21-12-13-25(30)29(20-21)34-28(23-8-4-3-5-9-23)16-19-32-17-14-24(15-18-32)33-22(2)31-26-10-6-7-11-27(26)33/h3-13,20,24,28H,14-19H2,1-2H3. The lowest BCUT2D eigenvalue weighted by atomic mass is 10.0. The molecule has 0 radical (unpaired) electrons. The third-order valence-electron chi connectivity index (χ3n) is 6.93. The van der Waals surface area contributed by atoms with Gasteiger partial charge in [0.25, 0.3) is 0 Å².